The molecule has 3 rings (SSSR count). The highest BCUT2D eigenvalue weighted by molar-refractivity contribution is 6.02. The number of hydrogen-bond donors (Lipinski definition) is 0. The number of carbonyl (C=O) groups is 2. The molecule has 0 saturated heterocycles. The fourth-order valence-corrected chi connectivity index (χ4v) is 3.08. The molecule has 0 bridgehead atoms. The maximum atomic E-state index is 12.8. The Labute approximate surface area is 162 Å². The van der Waals surface area contributed by atoms with E-state index in [9.17, 15) is 19.7 Å². The number of nitro groups is 1. The average molecular weight is 383 g/mol. The van der Waals surface area contributed by atoms with E-state index in [1.165, 1.54) is 23.1 Å². The van der Waals surface area contributed by atoms with Crippen LogP contribution in [0.25, 0.3) is 0 Å². The van der Waals surface area contributed by atoms with Crippen LogP contribution in [-0.4, -0.2) is 47.9 Å². The topological polar surface area (TPSA) is 93.0 Å². The van der Waals surface area contributed by atoms with Crippen molar-refractivity contribution in [1.29, 1.82) is 0 Å². The number of non-ortho nitro benzene ring substituents is 1. The highest BCUT2D eigenvalue weighted by Crippen LogP contribution is 2.35. The number of fused-ring (bicyclic) bond motifs is 1. The molecular formula is C20H21N3O5. The molecule has 2 aromatic carbocycles. The molecule has 1 heterocycles. The molecule has 0 radical (unpaired) electrons. The predicted octanol–water partition coefficient (Wildman–Crippen LogP) is 2.41. The van der Waals surface area contributed by atoms with Gasteiger partial charge in [-0.25, -0.2) is 0 Å². The zero-order chi connectivity index (χ0) is 20.1. The van der Waals surface area contributed by atoms with Gasteiger partial charge >= 0.3 is 0 Å². The highest BCUT2D eigenvalue weighted by Gasteiger charge is 2.30. The number of ether oxygens (including phenoxy) is 1. The Kier molecular flexibility index (Phi) is 5.88. The van der Waals surface area contributed by atoms with Gasteiger partial charge in [0, 0.05) is 25.2 Å². The summed E-state index contributed by atoms with van der Waals surface area (Å²) in [6.45, 7) is 2.53. The smallest absolute Gasteiger partial charge is 0.271 e. The van der Waals surface area contributed by atoms with Crippen molar-refractivity contribution < 1.29 is 19.2 Å². The first-order valence-electron chi connectivity index (χ1n) is 9.03. The number of nitro benzene ring substituents is 1. The second-order valence-corrected chi connectivity index (χ2v) is 6.39. The molecule has 146 valence electrons. The van der Waals surface area contributed by atoms with Gasteiger partial charge in [-0.2, -0.15) is 0 Å². The third-order valence-electron chi connectivity index (χ3n) is 4.64. The Morgan fingerprint density at radius 1 is 1.25 bits per heavy atom. The van der Waals surface area contributed by atoms with Crippen molar-refractivity contribution in [2.45, 2.75) is 13.3 Å². The van der Waals surface area contributed by atoms with Crippen LogP contribution in [0.5, 0.6) is 5.75 Å². The number of hydrogen-bond acceptors (Lipinski definition) is 5. The molecule has 0 aliphatic carbocycles. The van der Waals surface area contributed by atoms with Crippen LogP contribution in [-0.2, 0) is 16.0 Å². The lowest BCUT2D eigenvalue weighted by atomic mass is 10.1. The summed E-state index contributed by atoms with van der Waals surface area (Å²) in [5.41, 5.74) is 1.21. The van der Waals surface area contributed by atoms with Crippen molar-refractivity contribution in [3.63, 3.8) is 0 Å². The van der Waals surface area contributed by atoms with E-state index in [1.54, 1.807) is 4.90 Å². The molecule has 0 aromatic heterocycles. The number of rotatable bonds is 7. The standard InChI is InChI=1S/C20H21N3O5/c1-2-21(11-10-15-6-4-3-5-7-15)19(24)13-22-17-12-16(23(26)27)8-9-18(17)28-14-20(22)25/h3-9,12H,2,10-11,13-14H2,1H3. The summed E-state index contributed by atoms with van der Waals surface area (Å²) < 4.78 is 5.34. The van der Waals surface area contributed by atoms with E-state index in [-0.39, 0.29) is 30.4 Å². The van der Waals surface area contributed by atoms with E-state index in [0.29, 0.717) is 25.3 Å². The monoisotopic (exact) mass is 383 g/mol. The van der Waals surface area contributed by atoms with Gasteiger partial charge in [-0.15, -0.1) is 0 Å². The van der Waals surface area contributed by atoms with Crippen LogP contribution in [0.3, 0.4) is 0 Å². The van der Waals surface area contributed by atoms with Gasteiger partial charge in [0.25, 0.3) is 11.6 Å². The van der Waals surface area contributed by atoms with Crippen LogP contribution < -0.4 is 9.64 Å². The van der Waals surface area contributed by atoms with Crippen molar-refractivity contribution >= 4 is 23.2 Å². The molecule has 0 unspecified atom stereocenters. The molecule has 2 aromatic rings. The number of nitrogens with zero attached hydrogens (tertiary/aromatic N) is 3. The van der Waals surface area contributed by atoms with Crippen molar-refractivity contribution in [3.8, 4) is 5.75 Å². The van der Waals surface area contributed by atoms with Crippen molar-refractivity contribution in [1.82, 2.24) is 4.90 Å². The van der Waals surface area contributed by atoms with Gasteiger partial charge < -0.3 is 9.64 Å². The highest BCUT2D eigenvalue weighted by atomic mass is 16.6. The van der Waals surface area contributed by atoms with Gasteiger partial charge in [0.05, 0.1) is 10.6 Å². The number of benzene rings is 2. The third-order valence-corrected chi connectivity index (χ3v) is 4.64. The Morgan fingerprint density at radius 2 is 2.00 bits per heavy atom. The van der Waals surface area contributed by atoms with Gasteiger partial charge in [0.2, 0.25) is 5.91 Å². The molecule has 28 heavy (non-hydrogen) atoms. The van der Waals surface area contributed by atoms with Crippen LogP contribution >= 0.6 is 0 Å². The lowest BCUT2D eigenvalue weighted by Gasteiger charge is -2.31. The molecule has 0 atom stereocenters. The third kappa shape index (κ3) is 4.28. The number of amides is 2. The number of anilines is 1. The van der Waals surface area contributed by atoms with Crippen molar-refractivity contribution in [3.05, 3.63) is 64.2 Å². The van der Waals surface area contributed by atoms with E-state index in [1.807, 2.05) is 37.3 Å². The first-order valence-corrected chi connectivity index (χ1v) is 9.03. The molecule has 2 amide bonds. The minimum atomic E-state index is -0.544. The van der Waals surface area contributed by atoms with E-state index < -0.39 is 10.8 Å². The van der Waals surface area contributed by atoms with Gasteiger partial charge in [-0.05, 0) is 25.0 Å². The summed E-state index contributed by atoms with van der Waals surface area (Å²) in [7, 11) is 0. The van der Waals surface area contributed by atoms with Gasteiger partial charge in [0.15, 0.2) is 6.61 Å². The maximum absolute atomic E-state index is 12.8. The summed E-state index contributed by atoms with van der Waals surface area (Å²) in [6.07, 6.45) is 0.708. The molecule has 1 aliphatic heterocycles. The summed E-state index contributed by atoms with van der Waals surface area (Å²) in [4.78, 5) is 38.6. The average Bonchev–Trinajstić information content (AvgIpc) is 2.71. The Hall–Kier alpha value is -3.42. The number of carbonyl (C=O) groups excluding carboxylic acids is 2. The molecule has 0 fully saturated rings. The minimum absolute atomic E-state index is 0.161. The van der Waals surface area contributed by atoms with Crippen LogP contribution in [0.15, 0.2) is 48.5 Å². The van der Waals surface area contributed by atoms with Gasteiger partial charge in [0.1, 0.15) is 12.3 Å². The SMILES string of the molecule is CCN(CCc1ccccc1)C(=O)CN1C(=O)COc2ccc([N+](=O)[O-])cc21. The van der Waals surface area contributed by atoms with Crippen LogP contribution in [0, 0.1) is 10.1 Å². The summed E-state index contributed by atoms with van der Waals surface area (Å²) >= 11 is 0. The fraction of sp³-hybridized carbons (Fsp3) is 0.300. The molecule has 0 saturated carbocycles. The zero-order valence-corrected chi connectivity index (χ0v) is 15.5. The van der Waals surface area contributed by atoms with E-state index in [2.05, 4.69) is 0 Å². The second-order valence-electron chi connectivity index (χ2n) is 6.39. The lowest BCUT2D eigenvalue weighted by Crippen LogP contribution is -2.46. The van der Waals surface area contributed by atoms with Crippen molar-refractivity contribution in [2.75, 3.05) is 31.1 Å². The van der Waals surface area contributed by atoms with E-state index in [0.717, 1.165) is 5.56 Å². The predicted molar refractivity (Wildman–Crippen MR) is 103 cm³/mol. The molecular weight excluding hydrogens is 362 g/mol. The van der Waals surface area contributed by atoms with Crippen LogP contribution in [0.4, 0.5) is 11.4 Å². The quantitative estimate of drug-likeness (QED) is 0.541. The summed E-state index contributed by atoms with van der Waals surface area (Å²) in [6, 6.07) is 13.9. The number of likely N-dealkylation sites (N-methyl/N-ethyl adjacent to an activating group) is 1. The lowest BCUT2D eigenvalue weighted by molar-refractivity contribution is -0.384. The second kappa shape index (κ2) is 8.51. The zero-order valence-electron chi connectivity index (χ0n) is 15.5. The first-order chi connectivity index (χ1) is 13.5. The van der Waals surface area contributed by atoms with Crippen LogP contribution in [0.2, 0.25) is 0 Å². The van der Waals surface area contributed by atoms with E-state index >= 15 is 0 Å². The maximum Gasteiger partial charge on any atom is 0.271 e. The molecule has 0 N–H and O–H groups in total. The molecule has 0 spiro atoms. The van der Waals surface area contributed by atoms with Crippen LogP contribution in [0.1, 0.15) is 12.5 Å². The molecule has 8 nitrogen and oxygen atoms in total. The Balaban J connectivity index is 1.74. The first kappa shape index (κ1) is 19.3. The van der Waals surface area contributed by atoms with Crippen molar-refractivity contribution in [2.24, 2.45) is 0 Å². The Morgan fingerprint density at radius 3 is 2.68 bits per heavy atom. The summed E-state index contributed by atoms with van der Waals surface area (Å²) in [5, 5.41) is 11.1. The largest absolute Gasteiger partial charge is 0.482 e. The summed E-state index contributed by atoms with van der Waals surface area (Å²) in [5.74, 6) is -0.267. The fourth-order valence-electron chi connectivity index (χ4n) is 3.08. The van der Waals surface area contributed by atoms with E-state index in [4.69, 9.17) is 4.74 Å². The normalized spacial score (nSPS) is 12.9. The Bertz CT molecular complexity index is 885. The molecule has 8 heteroatoms. The van der Waals surface area contributed by atoms with Gasteiger partial charge in [-0.3, -0.25) is 24.6 Å². The van der Waals surface area contributed by atoms with Gasteiger partial charge in [-0.1, -0.05) is 30.3 Å². The molecule has 1 aliphatic rings. The minimum Gasteiger partial charge on any atom is -0.482 e.